The van der Waals surface area contributed by atoms with Crippen molar-refractivity contribution in [1.29, 1.82) is 0 Å². The molecule has 0 atom stereocenters. The Hall–Kier alpha value is -0.670. The van der Waals surface area contributed by atoms with E-state index in [1.165, 1.54) is 6.07 Å². The van der Waals surface area contributed by atoms with Crippen molar-refractivity contribution in [2.75, 3.05) is 6.61 Å². The van der Waals surface area contributed by atoms with Gasteiger partial charge < -0.3 is 5.11 Å². The van der Waals surface area contributed by atoms with Gasteiger partial charge in [-0.1, -0.05) is 11.6 Å². The fraction of sp³-hybridized carbons (Fsp3) is 0.286. The van der Waals surface area contributed by atoms with Gasteiger partial charge in [0.15, 0.2) is 0 Å². The molecule has 1 aromatic heterocycles. The van der Waals surface area contributed by atoms with Gasteiger partial charge in [0, 0.05) is 6.61 Å². The lowest BCUT2D eigenvalue weighted by molar-refractivity contribution is 0.299. The van der Waals surface area contributed by atoms with Gasteiger partial charge in [0.25, 0.3) is 0 Å². The van der Waals surface area contributed by atoms with Crippen molar-refractivity contribution < 1.29 is 9.50 Å². The average molecular weight is 176 g/mol. The molecule has 0 radical (unpaired) electrons. The second kappa shape index (κ2) is 3.64. The summed E-state index contributed by atoms with van der Waals surface area (Å²) in [4.78, 5) is 3.58. The number of halogens is 2. The van der Waals surface area contributed by atoms with Crippen LogP contribution in [0.25, 0.3) is 0 Å². The van der Waals surface area contributed by atoms with Crippen molar-refractivity contribution in [3.8, 4) is 0 Å². The highest BCUT2D eigenvalue weighted by Gasteiger charge is 2.01. The van der Waals surface area contributed by atoms with E-state index >= 15 is 0 Å². The van der Waals surface area contributed by atoms with Crippen molar-refractivity contribution in [1.82, 2.24) is 4.98 Å². The quantitative estimate of drug-likeness (QED) is 0.690. The molecule has 1 heterocycles. The zero-order valence-electron chi connectivity index (χ0n) is 5.72. The van der Waals surface area contributed by atoms with Gasteiger partial charge >= 0.3 is 0 Å². The molecular weight excluding hydrogens is 169 g/mol. The molecule has 0 aromatic carbocycles. The van der Waals surface area contributed by atoms with Crippen molar-refractivity contribution in [3.63, 3.8) is 0 Å². The summed E-state index contributed by atoms with van der Waals surface area (Å²) in [6, 6.07) is 1.27. The summed E-state index contributed by atoms with van der Waals surface area (Å²) >= 11 is 5.59. The molecule has 4 heteroatoms. The first-order valence-corrected chi connectivity index (χ1v) is 3.52. The highest BCUT2D eigenvalue weighted by Crippen LogP contribution is 2.13. The first-order valence-electron chi connectivity index (χ1n) is 3.15. The Morgan fingerprint density at radius 3 is 3.00 bits per heavy atom. The second-order valence-corrected chi connectivity index (χ2v) is 2.44. The van der Waals surface area contributed by atoms with Crippen LogP contribution in [0.4, 0.5) is 4.39 Å². The van der Waals surface area contributed by atoms with Crippen molar-refractivity contribution in [3.05, 3.63) is 28.8 Å². The lowest BCUT2D eigenvalue weighted by Gasteiger charge is -1.99. The van der Waals surface area contributed by atoms with E-state index in [0.717, 1.165) is 6.20 Å². The molecule has 0 aliphatic heterocycles. The van der Waals surface area contributed by atoms with Crippen LogP contribution in [0.1, 0.15) is 5.56 Å². The number of hydrogen-bond acceptors (Lipinski definition) is 2. The first-order chi connectivity index (χ1) is 5.24. The molecule has 0 saturated carbocycles. The summed E-state index contributed by atoms with van der Waals surface area (Å²) in [5, 5.41) is 8.78. The molecule has 60 valence electrons. The number of nitrogens with zero attached hydrogens (tertiary/aromatic N) is 1. The van der Waals surface area contributed by atoms with Crippen LogP contribution in [0.15, 0.2) is 12.3 Å². The molecule has 0 bridgehead atoms. The Morgan fingerprint density at radius 2 is 2.36 bits per heavy atom. The van der Waals surface area contributed by atoms with Crippen LogP contribution in [-0.2, 0) is 6.42 Å². The molecule has 0 spiro atoms. The third-order valence-electron chi connectivity index (χ3n) is 1.26. The summed E-state index contributed by atoms with van der Waals surface area (Å²) < 4.78 is 12.5. The van der Waals surface area contributed by atoms with Crippen molar-refractivity contribution >= 4 is 11.6 Å². The number of pyridine rings is 1. The Labute approximate surface area is 68.6 Å². The molecule has 0 aliphatic carbocycles. The molecule has 1 rings (SSSR count). The van der Waals surface area contributed by atoms with E-state index in [1.54, 1.807) is 0 Å². The van der Waals surface area contributed by atoms with Crippen LogP contribution in [0, 0.1) is 5.82 Å². The van der Waals surface area contributed by atoms with Gasteiger partial charge in [-0.15, -0.1) is 0 Å². The number of aliphatic hydroxyl groups excluding tert-OH is 1. The summed E-state index contributed by atoms with van der Waals surface area (Å²) in [6.07, 6.45) is 1.38. The molecule has 0 amide bonds. The maximum absolute atomic E-state index is 12.5. The SMILES string of the molecule is OCCc1cc(F)cnc1Cl. The van der Waals surface area contributed by atoms with E-state index < -0.39 is 5.82 Å². The van der Waals surface area contributed by atoms with E-state index in [9.17, 15) is 4.39 Å². The lowest BCUT2D eigenvalue weighted by atomic mass is 10.2. The van der Waals surface area contributed by atoms with Gasteiger partial charge in [0.2, 0.25) is 0 Å². The standard InChI is InChI=1S/C7H7ClFNO/c8-7-5(1-2-11)3-6(9)4-10-7/h3-4,11H,1-2H2. The third kappa shape index (κ3) is 2.13. The summed E-state index contributed by atoms with van der Waals surface area (Å²) in [5.74, 6) is -0.433. The predicted molar refractivity (Wildman–Crippen MR) is 40.0 cm³/mol. The maximum atomic E-state index is 12.5. The molecule has 1 N–H and O–H groups in total. The zero-order valence-corrected chi connectivity index (χ0v) is 6.48. The number of aliphatic hydroxyl groups is 1. The first kappa shape index (κ1) is 8.43. The van der Waals surface area contributed by atoms with Gasteiger partial charge in [0.05, 0.1) is 6.20 Å². The van der Waals surface area contributed by atoms with Crippen LogP contribution in [0.5, 0.6) is 0 Å². The van der Waals surface area contributed by atoms with E-state index in [1.807, 2.05) is 0 Å². The Bertz CT molecular complexity index is 254. The fourth-order valence-corrected chi connectivity index (χ4v) is 0.958. The minimum atomic E-state index is -0.433. The second-order valence-electron chi connectivity index (χ2n) is 2.08. The molecule has 0 fully saturated rings. The largest absolute Gasteiger partial charge is 0.396 e. The van der Waals surface area contributed by atoms with E-state index in [-0.39, 0.29) is 11.8 Å². The van der Waals surface area contributed by atoms with Crippen molar-refractivity contribution in [2.24, 2.45) is 0 Å². The maximum Gasteiger partial charge on any atom is 0.141 e. The number of rotatable bonds is 2. The smallest absolute Gasteiger partial charge is 0.141 e. The summed E-state index contributed by atoms with van der Waals surface area (Å²) in [6.45, 7) is -0.0507. The minimum Gasteiger partial charge on any atom is -0.396 e. The van der Waals surface area contributed by atoms with Crippen LogP contribution in [0.3, 0.4) is 0 Å². The Kier molecular flexibility index (Phi) is 2.79. The molecule has 2 nitrogen and oxygen atoms in total. The van der Waals surface area contributed by atoms with Gasteiger partial charge in [-0.3, -0.25) is 0 Å². The Morgan fingerprint density at radius 1 is 1.64 bits per heavy atom. The molecule has 1 aromatic rings. The van der Waals surface area contributed by atoms with Gasteiger partial charge in [-0.05, 0) is 18.1 Å². The average Bonchev–Trinajstić information content (AvgIpc) is 1.98. The minimum absolute atomic E-state index is 0.0507. The number of hydrogen-bond donors (Lipinski definition) is 1. The molecule has 0 unspecified atom stereocenters. The van der Waals surface area contributed by atoms with Crippen LogP contribution >= 0.6 is 11.6 Å². The molecule has 11 heavy (non-hydrogen) atoms. The fourth-order valence-electron chi connectivity index (χ4n) is 0.760. The summed E-state index contributed by atoms with van der Waals surface area (Å²) in [5.41, 5.74) is 0.536. The predicted octanol–water partition coefficient (Wildman–Crippen LogP) is 1.41. The van der Waals surface area contributed by atoms with E-state index in [2.05, 4.69) is 4.98 Å². The highest BCUT2D eigenvalue weighted by atomic mass is 35.5. The lowest BCUT2D eigenvalue weighted by Crippen LogP contribution is -1.94. The molecule has 0 saturated heterocycles. The number of aromatic nitrogens is 1. The highest BCUT2D eigenvalue weighted by molar-refractivity contribution is 6.30. The van der Waals surface area contributed by atoms with E-state index in [4.69, 9.17) is 16.7 Å². The van der Waals surface area contributed by atoms with Crippen molar-refractivity contribution in [2.45, 2.75) is 6.42 Å². The Balaban J connectivity index is 2.93. The topological polar surface area (TPSA) is 33.1 Å². The van der Waals surface area contributed by atoms with Gasteiger partial charge in [0.1, 0.15) is 11.0 Å². The zero-order chi connectivity index (χ0) is 8.27. The van der Waals surface area contributed by atoms with E-state index in [0.29, 0.717) is 12.0 Å². The van der Waals surface area contributed by atoms with Gasteiger partial charge in [-0.25, -0.2) is 9.37 Å². The molecular formula is C7H7ClFNO. The van der Waals surface area contributed by atoms with Gasteiger partial charge in [-0.2, -0.15) is 0 Å². The normalized spacial score (nSPS) is 10.1. The monoisotopic (exact) mass is 175 g/mol. The third-order valence-corrected chi connectivity index (χ3v) is 1.60. The summed E-state index contributed by atoms with van der Waals surface area (Å²) in [7, 11) is 0. The van der Waals surface area contributed by atoms with Crippen LogP contribution in [-0.4, -0.2) is 16.7 Å². The van der Waals surface area contributed by atoms with Crippen LogP contribution in [0.2, 0.25) is 5.15 Å². The van der Waals surface area contributed by atoms with Crippen LogP contribution < -0.4 is 0 Å². The molecule has 0 aliphatic rings.